The van der Waals surface area contributed by atoms with Crippen molar-refractivity contribution < 1.29 is 39.1 Å². The van der Waals surface area contributed by atoms with Gasteiger partial charge in [-0.15, -0.1) is 0 Å². The highest BCUT2D eigenvalue weighted by Crippen LogP contribution is 2.89. The number of nitrogens with one attached hydrogen (secondary N) is 1. The second-order valence-corrected chi connectivity index (χ2v) is 20.7. The Morgan fingerprint density at radius 1 is 0.878 bits per heavy atom. The lowest BCUT2D eigenvalue weighted by Crippen LogP contribution is -2.62. The van der Waals surface area contributed by atoms with Crippen LogP contribution >= 0.6 is 0 Å². The van der Waals surface area contributed by atoms with Gasteiger partial charge >= 0.3 is 12.1 Å². The molecule has 1 aliphatic heterocycles. The summed E-state index contributed by atoms with van der Waals surface area (Å²) in [5.74, 6) is -0.545. The molecule has 13 atom stereocenters. The molecular weight excluding hydrogens is 622 g/mol. The van der Waals surface area contributed by atoms with E-state index in [9.17, 15) is 24.9 Å². The van der Waals surface area contributed by atoms with Crippen LogP contribution in [0, 0.1) is 50.7 Å². The van der Waals surface area contributed by atoms with Gasteiger partial charge in [-0.25, -0.2) is 9.59 Å². The Bertz CT molecular complexity index is 1330. The number of aliphatic hydroxyl groups excluding tert-OH is 2. The summed E-state index contributed by atoms with van der Waals surface area (Å²) in [7, 11) is 0. The molecule has 49 heavy (non-hydrogen) atoms. The molecular formula is C40H67NO8. The molecule has 9 nitrogen and oxygen atoms in total. The Morgan fingerprint density at radius 2 is 1.53 bits per heavy atom. The van der Waals surface area contributed by atoms with Crippen LogP contribution in [0.1, 0.15) is 141 Å². The number of alkyl carbamates (subject to hydrolysis) is 1. The first-order valence-electron chi connectivity index (χ1n) is 19.2. The SMILES string of the molecule is CC(C)C(NC(=O)OC(C)(C)C)C(=O)O[C@H]1C[C@@]2(C)C3C[C@H](O)[C@H]4C(C)(C)[C@@H](O)CCC45CC35CC[C@]2(C)[C@H]1[C@@]1(C)CC[C@@H](C(C)(C)O)O1. The fourth-order valence-corrected chi connectivity index (χ4v) is 13.4. The Labute approximate surface area is 295 Å². The molecule has 1 saturated heterocycles. The van der Waals surface area contributed by atoms with E-state index in [2.05, 4.69) is 39.9 Å². The van der Waals surface area contributed by atoms with Gasteiger partial charge in [0.1, 0.15) is 17.7 Å². The molecule has 1 amide bonds. The van der Waals surface area contributed by atoms with Crippen molar-refractivity contribution in [1.82, 2.24) is 5.32 Å². The van der Waals surface area contributed by atoms with Crippen LogP contribution in [-0.2, 0) is 19.0 Å². The Balaban J connectivity index is 1.37. The van der Waals surface area contributed by atoms with Crippen LogP contribution < -0.4 is 5.32 Å². The standard InChI is InChI=1S/C40H67NO8/c1-22(2)28(41-32(45)49-33(3,4)5)31(44)47-24-20-37(11)25-19-23(42)29-34(6,7)26(43)13-16-40(29)21-39(25,40)18-17-36(37,10)30(24)38(12)15-14-27(48-38)35(8,9)46/h22-30,42-43,46H,13-21H2,1-12H3,(H,41,45)/t23-,24-,25?,26-,27-,28?,29-,30-,36+,37-,38+,39?,40?/m0/s1. The number of fused-ring (bicyclic) bond motifs is 2. The number of esters is 1. The molecule has 5 saturated carbocycles. The van der Waals surface area contributed by atoms with Crippen LogP contribution in [0.5, 0.6) is 0 Å². The second kappa shape index (κ2) is 11.3. The van der Waals surface area contributed by atoms with Gasteiger partial charge in [0.05, 0.1) is 29.5 Å². The fourth-order valence-electron chi connectivity index (χ4n) is 13.4. The number of rotatable bonds is 6. The molecule has 9 heteroatoms. The summed E-state index contributed by atoms with van der Waals surface area (Å²) >= 11 is 0. The second-order valence-electron chi connectivity index (χ2n) is 20.7. The lowest BCUT2D eigenvalue weighted by atomic mass is 9.41. The molecule has 0 bridgehead atoms. The molecule has 2 spiro atoms. The van der Waals surface area contributed by atoms with Crippen molar-refractivity contribution in [2.24, 2.45) is 50.7 Å². The smallest absolute Gasteiger partial charge is 0.408 e. The fraction of sp³-hybridized carbons (Fsp3) is 0.950. The third-order valence-electron chi connectivity index (χ3n) is 15.6. The van der Waals surface area contributed by atoms with Gasteiger partial charge in [0.15, 0.2) is 0 Å². The Kier molecular flexibility index (Phi) is 8.60. The van der Waals surface area contributed by atoms with Crippen LogP contribution in [0.15, 0.2) is 0 Å². The highest BCUT2D eigenvalue weighted by Gasteiger charge is 2.85. The third kappa shape index (κ3) is 5.43. The first-order valence-corrected chi connectivity index (χ1v) is 19.2. The molecule has 6 rings (SSSR count). The molecule has 0 radical (unpaired) electrons. The van der Waals surface area contributed by atoms with Gasteiger partial charge in [-0.05, 0) is 144 Å². The number of hydrogen-bond acceptors (Lipinski definition) is 8. The molecule has 4 N–H and O–H groups in total. The summed E-state index contributed by atoms with van der Waals surface area (Å²) in [5.41, 5.74) is -3.14. The van der Waals surface area contributed by atoms with Crippen molar-refractivity contribution in [2.75, 3.05) is 0 Å². The van der Waals surface area contributed by atoms with E-state index in [0.29, 0.717) is 19.3 Å². The van der Waals surface area contributed by atoms with Gasteiger partial charge < -0.3 is 34.8 Å². The van der Waals surface area contributed by atoms with Gasteiger partial charge in [-0.2, -0.15) is 0 Å². The van der Waals surface area contributed by atoms with Crippen molar-refractivity contribution in [2.45, 2.75) is 188 Å². The summed E-state index contributed by atoms with van der Waals surface area (Å²) in [5, 5.41) is 37.0. The van der Waals surface area contributed by atoms with Crippen molar-refractivity contribution in [3.63, 3.8) is 0 Å². The average Bonchev–Trinajstić information content (AvgIpc) is 3.28. The molecule has 0 aromatic rings. The van der Waals surface area contributed by atoms with E-state index in [-0.39, 0.29) is 56.9 Å². The van der Waals surface area contributed by atoms with Crippen LogP contribution in [0.2, 0.25) is 0 Å². The molecule has 0 aromatic carbocycles. The maximum absolute atomic E-state index is 14.2. The van der Waals surface area contributed by atoms with Crippen LogP contribution in [0.25, 0.3) is 0 Å². The number of carbonyl (C=O) groups excluding carboxylic acids is 2. The zero-order valence-electron chi connectivity index (χ0n) is 32.4. The van der Waals surface area contributed by atoms with E-state index in [0.717, 1.165) is 38.5 Å². The number of ether oxygens (including phenoxy) is 3. The van der Waals surface area contributed by atoms with E-state index in [1.165, 1.54) is 0 Å². The van der Waals surface area contributed by atoms with Gasteiger partial charge in [0.2, 0.25) is 0 Å². The summed E-state index contributed by atoms with van der Waals surface area (Å²) in [6, 6.07) is -0.883. The van der Waals surface area contributed by atoms with E-state index in [1.54, 1.807) is 34.6 Å². The topological polar surface area (TPSA) is 135 Å². The van der Waals surface area contributed by atoms with E-state index in [1.807, 2.05) is 13.8 Å². The summed E-state index contributed by atoms with van der Waals surface area (Å²) < 4.78 is 19.1. The number of carbonyl (C=O) groups is 2. The zero-order valence-corrected chi connectivity index (χ0v) is 32.4. The highest BCUT2D eigenvalue weighted by molar-refractivity contribution is 5.82. The quantitative estimate of drug-likeness (QED) is 0.231. The van der Waals surface area contributed by atoms with Gasteiger partial charge in [0.25, 0.3) is 0 Å². The molecule has 5 aliphatic carbocycles. The normalized spacial score (nSPS) is 47.7. The predicted octanol–water partition coefficient (Wildman–Crippen LogP) is 6.54. The summed E-state index contributed by atoms with van der Waals surface area (Å²) in [6.07, 6.45) is 5.23. The Morgan fingerprint density at radius 3 is 2.10 bits per heavy atom. The van der Waals surface area contributed by atoms with E-state index < -0.39 is 53.2 Å². The number of amides is 1. The number of aliphatic hydroxyl groups is 3. The van der Waals surface area contributed by atoms with Crippen molar-refractivity contribution in [1.29, 1.82) is 0 Å². The van der Waals surface area contributed by atoms with Crippen LogP contribution in [-0.4, -0.2) is 74.6 Å². The average molecular weight is 690 g/mol. The maximum Gasteiger partial charge on any atom is 0.408 e. The van der Waals surface area contributed by atoms with Crippen LogP contribution in [0.3, 0.4) is 0 Å². The van der Waals surface area contributed by atoms with E-state index in [4.69, 9.17) is 14.2 Å². The lowest BCUT2D eigenvalue weighted by Gasteiger charge is -2.64. The Hall–Kier alpha value is -1.42. The van der Waals surface area contributed by atoms with E-state index >= 15 is 0 Å². The van der Waals surface area contributed by atoms with Crippen molar-refractivity contribution in [3.05, 3.63) is 0 Å². The predicted molar refractivity (Wildman–Crippen MR) is 186 cm³/mol. The minimum atomic E-state index is -1.01. The third-order valence-corrected chi connectivity index (χ3v) is 15.6. The molecule has 1 heterocycles. The van der Waals surface area contributed by atoms with Crippen molar-refractivity contribution in [3.8, 4) is 0 Å². The molecule has 4 unspecified atom stereocenters. The lowest BCUT2D eigenvalue weighted by molar-refractivity contribution is -0.214. The maximum atomic E-state index is 14.2. The molecule has 280 valence electrons. The zero-order chi connectivity index (χ0) is 36.5. The monoisotopic (exact) mass is 689 g/mol. The molecule has 6 fully saturated rings. The summed E-state index contributed by atoms with van der Waals surface area (Å²) in [4.78, 5) is 27.1. The molecule has 6 aliphatic rings. The number of hydrogen-bond donors (Lipinski definition) is 4. The highest BCUT2D eigenvalue weighted by atomic mass is 16.6. The molecule has 0 aromatic heterocycles. The van der Waals surface area contributed by atoms with Crippen molar-refractivity contribution >= 4 is 12.1 Å². The van der Waals surface area contributed by atoms with Gasteiger partial charge in [-0.3, -0.25) is 0 Å². The largest absolute Gasteiger partial charge is 0.460 e. The van der Waals surface area contributed by atoms with Crippen LogP contribution in [0.4, 0.5) is 4.79 Å². The minimum absolute atomic E-state index is 0.0203. The summed E-state index contributed by atoms with van der Waals surface area (Å²) in [6.45, 7) is 24.0. The van der Waals surface area contributed by atoms with Gasteiger partial charge in [0, 0.05) is 5.92 Å². The minimum Gasteiger partial charge on any atom is -0.460 e. The van der Waals surface area contributed by atoms with Gasteiger partial charge in [-0.1, -0.05) is 41.5 Å². The first kappa shape index (κ1) is 37.3. The first-order chi connectivity index (χ1) is 22.3.